The molecule has 1 atom stereocenters. The summed E-state index contributed by atoms with van der Waals surface area (Å²) in [6.45, 7) is 5.74. The lowest BCUT2D eigenvalue weighted by Crippen LogP contribution is -2.53. The van der Waals surface area contributed by atoms with Gasteiger partial charge < -0.3 is 15.3 Å². The van der Waals surface area contributed by atoms with Crippen molar-refractivity contribution in [2.75, 3.05) is 43.0 Å². The molecular weight excluding hydrogens is 333 g/mol. The number of anilines is 2. The van der Waals surface area contributed by atoms with Gasteiger partial charge in [-0.2, -0.15) is 4.98 Å². The van der Waals surface area contributed by atoms with Gasteiger partial charge >= 0.3 is 0 Å². The summed E-state index contributed by atoms with van der Waals surface area (Å²) < 4.78 is 14.0. The first-order valence-electron chi connectivity index (χ1n) is 9.11. The molecule has 6 nitrogen and oxygen atoms in total. The molecule has 2 heterocycles. The van der Waals surface area contributed by atoms with Crippen LogP contribution < -0.4 is 10.2 Å². The zero-order valence-corrected chi connectivity index (χ0v) is 15.1. The summed E-state index contributed by atoms with van der Waals surface area (Å²) >= 11 is 0. The van der Waals surface area contributed by atoms with Gasteiger partial charge in [0.2, 0.25) is 5.95 Å². The lowest BCUT2D eigenvalue weighted by atomic mass is 10.1. The molecule has 1 saturated heterocycles. The van der Waals surface area contributed by atoms with E-state index in [-0.39, 0.29) is 18.5 Å². The lowest BCUT2D eigenvalue weighted by Gasteiger charge is -2.41. The van der Waals surface area contributed by atoms with Crippen LogP contribution in [0.1, 0.15) is 18.9 Å². The number of benzene rings is 1. The molecule has 26 heavy (non-hydrogen) atoms. The molecule has 1 aliphatic rings. The van der Waals surface area contributed by atoms with Crippen molar-refractivity contribution in [3.63, 3.8) is 0 Å². The van der Waals surface area contributed by atoms with E-state index in [1.54, 1.807) is 12.3 Å². The molecule has 0 spiro atoms. The van der Waals surface area contributed by atoms with Crippen LogP contribution in [0.25, 0.3) is 0 Å². The number of hydrogen-bond donors (Lipinski definition) is 2. The van der Waals surface area contributed by atoms with E-state index in [1.165, 1.54) is 6.07 Å². The Kier molecular flexibility index (Phi) is 6.35. The Morgan fingerprint density at radius 2 is 2.12 bits per heavy atom. The standard InChI is InChI=1S/C19H26FN5O/c1-2-21-18-7-9-22-19(23-18)25-11-10-24(16(14-25)8-12-26)13-15-5-3-4-6-17(15)20/h3-7,9,16,26H,2,8,10-14H2,1H3,(H,21,22,23)/t16-/m1/s1. The molecule has 0 saturated carbocycles. The molecule has 0 radical (unpaired) electrons. The topological polar surface area (TPSA) is 64.5 Å². The minimum absolute atomic E-state index is 0.102. The van der Waals surface area contributed by atoms with E-state index in [0.717, 1.165) is 25.5 Å². The van der Waals surface area contributed by atoms with E-state index in [2.05, 4.69) is 25.1 Å². The van der Waals surface area contributed by atoms with E-state index >= 15 is 0 Å². The summed E-state index contributed by atoms with van der Waals surface area (Å²) in [5.74, 6) is 1.32. The second-order valence-corrected chi connectivity index (χ2v) is 6.45. The van der Waals surface area contributed by atoms with E-state index in [4.69, 9.17) is 0 Å². The Morgan fingerprint density at radius 1 is 1.27 bits per heavy atom. The number of piperazine rings is 1. The minimum Gasteiger partial charge on any atom is -0.396 e. The third kappa shape index (κ3) is 4.47. The third-order valence-electron chi connectivity index (χ3n) is 4.68. The Labute approximate surface area is 153 Å². The van der Waals surface area contributed by atoms with Crippen molar-refractivity contribution in [2.45, 2.75) is 25.9 Å². The van der Waals surface area contributed by atoms with Crippen molar-refractivity contribution in [3.8, 4) is 0 Å². The van der Waals surface area contributed by atoms with Crippen LogP contribution in [-0.4, -0.2) is 58.8 Å². The van der Waals surface area contributed by atoms with Crippen LogP contribution in [-0.2, 0) is 6.54 Å². The molecule has 1 aliphatic heterocycles. The number of aliphatic hydroxyl groups is 1. The highest BCUT2D eigenvalue weighted by Gasteiger charge is 2.28. The lowest BCUT2D eigenvalue weighted by molar-refractivity contribution is 0.133. The van der Waals surface area contributed by atoms with Crippen LogP contribution in [0.3, 0.4) is 0 Å². The second-order valence-electron chi connectivity index (χ2n) is 6.45. The molecule has 1 aromatic heterocycles. The quantitative estimate of drug-likeness (QED) is 0.790. The highest BCUT2D eigenvalue weighted by Crippen LogP contribution is 2.21. The zero-order valence-electron chi connectivity index (χ0n) is 15.1. The molecule has 140 valence electrons. The summed E-state index contributed by atoms with van der Waals surface area (Å²) in [6.07, 6.45) is 2.39. The molecular formula is C19H26FN5O. The second kappa shape index (κ2) is 8.91. The number of aliphatic hydroxyl groups excluding tert-OH is 1. The van der Waals surface area contributed by atoms with Gasteiger partial charge in [-0.3, -0.25) is 4.90 Å². The molecule has 0 unspecified atom stereocenters. The first kappa shape index (κ1) is 18.5. The molecule has 1 fully saturated rings. The van der Waals surface area contributed by atoms with Crippen molar-refractivity contribution in [3.05, 3.63) is 47.9 Å². The minimum atomic E-state index is -0.181. The summed E-state index contributed by atoms with van der Waals surface area (Å²) in [4.78, 5) is 13.3. The number of rotatable bonds is 7. The Balaban J connectivity index is 1.71. The zero-order chi connectivity index (χ0) is 18.4. The predicted molar refractivity (Wildman–Crippen MR) is 101 cm³/mol. The average Bonchev–Trinajstić information content (AvgIpc) is 2.65. The molecule has 1 aromatic carbocycles. The monoisotopic (exact) mass is 359 g/mol. The maximum atomic E-state index is 14.0. The van der Waals surface area contributed by atoms with Gasteiger partial charge in [-0.05, 0) is 25.5 Å². The van der Waals surface area contributed by atoms with Gasteiger partial charge in [0.15, 0.2) is 0 Å². The first-order valence-corrected chi connectivity index (χ1v) is 9.11. The molecule has 0 bridgehead atoms. The largest absolute Gasteiger partial charge is 0.396 e. The van der Waals surface area contributed by atoms with Crippen LogP contribution in [0.15, 0.2) is 36.5 Å². The van der Waals surface area contributed by atoms with Crippen LogP contribution in [0.5, 0.6) is 0 Å². The highest BCUT2D eigenvalue weighted by atomic mass is 19.1. The molecule has 0 amide bonds. The van der Waals surface area contributed by atoms with E-state index in [0.29, 0.717) is 31.0 Å². The molecule has 3 rings (SSSR count). The highest BCUT2D eigenvalue weighted by molar-refractivity contribution is 5.41. The van der Waals surface area contributed by atoms with Gasteiger partial charge in [0.1, 0.15) is 11.6 Å². The van der Waals surface area contributed by atoms with Crippen LogP contribution in [0.2, 0.25) is 0 Å². The van der Waals surface area contributed by atoms with Crippen LogP contribution >= 0.6 is 0 Å². The molecule has 0 aliphatic carbocycles. The Hall–Kier alpha value is -2.25. The molecule has 2 aromatic rings. The normalized spacial score (nSPS) is 18.1. The van der Waals surface area contributed by atoms with E-state index < -0.39 is 0 Å². The summed E-state index contributed by atoms with van der Waals surface area (Å²) in [6, 6.07) is 8.85. The van der Waals surface area contributed by atoms with Gasteiger partial charge in [0.05, 0.1) is 0 Å². The number of nitrogens with zero attached hydrogens (tertiary/aromatic N) is 4. The van der Waals surface area contributed by atoms with Gasteiger partial charge in [-0.25, -0.2) is 9.37 Å². The Bertz CT molecular complexity index is 714. The van der Waals surface area contributed by atoms with Gasteiger partial charge in [0.25, 0.3) is 0 Å². The predicted octanol–water partition coefficient (Wildman–Crippen LogP) is 2.12. The SMILES string of the molecule is CCNc1ccnc(N2CCN(Cc3ccccc3F)[C@H](CCO)C2)n1. The van der Waals surface area contributed by atoms with Crippen molar-refractivity contribution >= 4 is 11.8 Å². The van der Waals surface area contributed by atoms with E-state index in [9.17, 15) is 9.50 Å². The van der Waals surface area contributed by atoms with Crippen LogP contribution in [0.4, 0.5) is 16.2 Å². The molecule has 2 N–H and O–H groups in total. The number of halogens is 1. The maximum absolute atomic E-state index is 14.0. The fourth-order valence-corrected chi connectivity index (χ4v) is 3.33. The number of hydrogen-bond acceptors (Lipinski definition) is 6. The summed E-state index contributed by atoms with van der Waals surface area (Å²) in [5.41, 5.74) is 0.689. The fraction of sp³-hybridized carbons (Fsp3) is 0.474. The third-order valence-corrected chi connectivity index (χ3v) is 4.68. The smallest absolute Gasteiger partial charge is 0.227 e. The van der Waals surface area contributed by atoms with Crippen LogP contribution in [0, 0.1) is 5.82 Å². The van der Waals surface area contributed by atoms with Crippen molar-refractivity contribution in [2.24, 2.45) is 0 Å². The maximum Gasteiger partial charge on any atom is 0.227 e. The first-order chi connectivity index (χ1) is 12.7. The average molecular weight is 359 g/mol. The summed E-state index contributed by atoms with van der Waals surface area (Å²) in [5, 5.41) is 12.7. The van der Waals surface area contributed by atoms with Gasteiger partial charge in [0, 0.05) is 57.1 Å². The van der Waals surface area contributed by atoms with Crippen molar-refractivity contribution in [1.82, 2.24) is 14.9 Å². The van der Waals surface area contributed by atoms with Crippen molar-refractivity contribution < 1.29 is 9.50 Å². The van der Waals surface area contributed by atoms with Gasteiger partial charge in [-0.15, -0.1) is 0 Å². The molecule has 7 heteroatoms. The number of aromatic nitrogens is 2. The Morgan fingerprint density at radius 3 is 2.88 bits per heavy atom. The van der Waals surface area contributed by atoms with Crippen molar-refractivity contribution in [1.29, 1.82) is 0 Å². The summed E-state index contributed by atoms with van der Waals surface area (Å²) in [7, 11) is 0. The van der Waals surface area contributed by atoms with E-state index in [1.807, 2.05) is 25.1 Å². The number of nitrogens with one attached hydrogen (secondary N) is 1. The fourth-order valence-electron chi connectivity index (χ4n) is 3.33. The van der Waals surface area contributed by atoms with Gasteiger partial charge in [-0.1, -0.05) is 18.2 Å².